The van der Waals surface area contributed by atoms with Crippen LogP contribution < -0.4 is 0 Å². The van der Waals surface area contributed by atoms with Crippen LogP contribution in [0.4, 0.5) is 5.69 Å². The molecule has 2 heterocycles. The largest absolute Gasteiger partial charge is 0.353 e. The van der Waals surface area contributed by atoms with Crippen LogP contribution in [0.15, 0.2) is 18.5 Å². The van der Waals surface area contributed by atoms with E-state index in [2.05, 4.69) is 9.97 Å². The number of fused-ring (bicyclic) bond motifs is 1. The van der Waals surface area contributed by atoms with Crippen molar-refractivity contribution in [2.45, 2.75) is 0 Å². The lowest BCUT2D eigenvalue weighted by Crippen LogP contribution is -1.86. The number of nitrogens with one attached hydrogen (secondary N) is 1. The van der Waals surface area contributed by atoms with Crippen LogP contribution in [0.5, 0.6) is 0 Å². The molecule has 14 heavy (non-hydrogen) atoms. The van der Waals surface area contributed by atoms with E-state index < -0.39 is 4.92 Å². The summed E-state index contributed by atoms with van der Waals surface area (Å²) in [5, 5.41) is 19.6. The van der Waals surface area contributed by atoms with Crippen LogP contribution in [0.25, 0.3) is 10.9 Å². The second-order valence-electron chi connectivity index (χ2n) is 2.62. The summed E-state index contributed by atoms with van der Waals surface area (Å²) in [6.45, 7) is 0. The maximum absolute atomic E-state index is 10.6. The van der Waals surface area contributed by atoms with Gasteiger partial charge in [-0.3, -0.25) is 10.1 Å². The number of nitro groups is 1. The number of hydrogen-bond donors (Lipinski definition) is 1. The highest BCUT2D eigenvalue weighted by Crippen LogP contribution is 2.25. The number of H-pyrrole nitrogens is 1. The van der Waals surface area contributed by atoms with Crippen molar-refractivity contribution in [1.82, 2.24) is 9.97 Å². The number of nitriles is 1. The average Bonchev–Trinajstić information content (AvgIpc) is 2.60. The van der Waals surface area contributed by atoms with Gasteiger partial charge in [-0.2, -0.15) is 5.26 Å². The predicted octanol–water partition coefficient (Wildman–Crippen LogP) is 1.34. The minimum absolute atomic E-state index is 0.0427. The quantitative estimate of drug-likeness (QED) is 0.539. The number of aromatic amines is 1. The van der Waals surface area contributed by atoms with Crippen molar-refractivity contribution in [2.75, 3.05) is 0 Å². The molecule has 2 aromatic heterocycles. The van der Waals surface area contributed by atoms with E-state index in [1.807, 2.05) is 6.07 Å². The van der Waals surface area contributed by atoms with Crippen molar-refractivity contribution in [3.05, 3.63) is 34.3 Å². The lowest BCUT2D eigenvalue weighted by molar-refractivity contribution is -0.383. The standard InChI is InChI=1S/C8H4N4O2/c9-3-6-8-5(1-2-10-6)7(4-11-8)12(13)14/h1-2,4,11H. The lowest BCUT2D eigenvalue weighted by atomic mass is 10.2. The van der Waals surface area contributed by atoms with Gasteiger partial charge < -0.3 is 4.98 Å². The average molecular weight is 188 g/mol. The minimum atomic E-state index is -0.500. The third-order valence-electron chi connectivity index (χ3n) is 1.88. The Balaban J connectivity index is 2.84. The third-order valence-corrected chi connectivity index (χ3v) is 1.88. The molecule has 0 saturated carbocycles. The minimum Gasteiger partial charge on any atom is -0.353 e. The van der Waals surface area contributed by atoms with Gasteiger partial charge in [-0.25, -0.2) is 4.98 Å². The Kier molecular flexibility index (Phi) is 1.65. The van der Waals surface area contributed by atoms with Gasteiger partial charge in [-0.05, 0) is 6.07 Å². The van der Waals surface area contributed by atoms with Gasteiger partial charge in [-0.1, -0.05) is 0 Å². The van der Waals surface area contributed by atoms with E-state index in [9.17, 15) is 10.1 Å². The van der Waals surface area contributed by atoms with E-state index >= 15 is 0 Å². The van der Waals surface area contributed by atoms with Gasteiger partial charge in [0.25, 0.3) is 5.69 Å². The molecule has 6 heteroatoms. The molecule has 6 nitrogen and oxygen atoms in total. The molecular weight excluding hydrogens is 184 g/mol. The molecule has 0 fully saturated rings. The summed E-state index contributed by atoms with van der Waals surface area (Å²) in [7, 11) is 0. The summed E-state index contributed by atoms with van der Waals surface area (Å²) >= 11 is 0. The molecule has 0 radical (unpaired) electrons. The van der Waals surface area contributed by atoms with Gasteiger partial charge in [0.05, 0.1) is 22.0 Å². The highest BCUT2D eigenvalue weighted by atomic mass is 16.6. The lowest BCUT2D eigenvalue weighted by Gasteiger charge is -1.90. The van der Waals surface area contributed by atoms with Gasteiger partial charge in [-0.15, -0.1) is 0 Å². The topological polar surface area (TPSA) is 95.6 Å². The molecule has 2 rings (SSSR count). The zero-order valence-corrected chi connectivity index (χ0v) is 6.89. The maximum Gasteiger partial charge on any atom is 0.294 e. The van der Waals surface area contributed by atoms with Gasteiger partial charge >= 0.3 is 0 Å². The molecule has 0 amide bonds. The van der Waals surface area contributed by atoms with E-state index in [1.165, 1.54) is 18.5 Å². The van der Waals surface area contributed by atoms with Crippen molar-refractivity contribution in [3.63, 3.8) is 0 Å². The Morgan fingerprint density at radius 3 is 3.07 bits per heavy atom. The third kappa shape index (κ3) is 0.998. The summed E-state index contributed by atoms with van der Waals surface area (Å²) in [5.74, 6) is 0. The summed E-state index contributed by atoms with van der Waals surface area (Å²) in [6.07, 6.45) is 2.63. The van der Waals surface area contributed by atoms with Crippen LogP contribution in [0.2, 0.25) is 0 Å². The summed E-state index contributed by atoms with van der Waals surface area (Å²) < 4.78 is 0. The van der Waals surface area contributed by atoms with Crippen LogP contribution >= 0.6 is 0 Å². The Morgan fingerprint density at radius 2 is 2.43 bits per heavy atom. The fraction of sp³-hybridized carbons (Fsp3) is 0. The van der Waals surface area contributed by atoms with Gasteiger partial charge in [0.2, 0.25) is 0 Å². The van der Waals surface area contributed by atoms with Crippen LogP contribution in [-0.4, -0.2) is 14.9 Å². The van der Waals surface area contributed by atoms with Crippen molar-refractivity contribution >= 4 is 16.6 Å². The molecule has 1 N–H and O–H groups in total. The van der Waals surface area contributed by atoms with E-state index in [0.717, 1.165) is 0 Å². The zero-order chi connectivity index (χ0) is 10.1. The molecule has 0 spiro atoms. The number of hydrogen-bond acceptors (Lipinski definition) is 4. The molecule has 0 bridgehead atoms. The first-order valence-electron chi connectivity index (χ1n) is 3.74. The van der Waals surface area contributed by atoms with Crippen molar-refractivity contribution in [1.29, 1.82) is 5.26 Å². The van der Waals surface area contributed by atoms with Crippen LogP contribution in [0.3, 0.4) is 0 Å². The summed E-state index contributed by atoms with van der Waals surface area (Å²) in [5.41, 5.74) is 0.524. The molecule has 2 aromatic rings. The highest BCUT2D eigenvalue weighted by molar-refractivity contribution is 5.91. The monoisotopic (exact) mass is 188 g/mol. The zero-order valence-electron chi connectivity index (χ0n) is 6.89. The molecule has 0 saturated heterocycles. The van der Waals surface area contributed by atoms with Gasteiger partial charge in [0.1, 0.15) is 6.07 Å². The smallest absolute Gasteiger partial charge is 0.294 e. The van der Waals surface area contributed by atoms with E-state index in [0.29, 0.717) is 10.9 Å². The molecular formula is C8H4N4O2. The fourth-order valence-corrected chi connectivity index (χ4v) is 1.28. The molecule has 0 aliphatic carbocycles. The molecule has 0 aromatic carbocycles. The van der Waals surface area contributed by atoms with Crippen LogP contribution in [0, 0.1) is 21.4 Å². The van der Waals surface area contributed by atoms with Gasteiger partial charge in [0, 0.05) is 6.20 Å². The normalized spacial score (nSPS) is 9.93. The predicted molar refractivity (Wildman–Crippen MR) is 47.5 cm³/mol. The number of pyridine rings is 1. The first-order chi connectivity index (χ1) is 6.74. The van der Waals surface area contributed by atoms with E-state index in [4.69, 9.17) is 5.26 Å². The second-order valence-corrected chi connectivity index (χ2v) is 2.62. The second kappa shape index (κ2) is 2.81. The van der Waals surface area contributed by atoms with E-state index in [1.54, 1.807) is 0 Å². The maximum atomic E-state index is 10.6. The molecule has 68 valence electrons. The Morgan fingerprint density at radius 1 is 1.64 bits per heavy atom. The van der Waals surface area contributed by atoms with Gasteiger partial charge in [0.15, 0.2) is 5.69 Å². The van der Waals surface area contributed by atoms with Crippen LogP contribution in [-0.2, 0) is 0 Å². The number of aromatic nitrogens is 2. The molecule has 0 aliphatic rings. The Labute approximate surface area is 78.0 Å². The SMILES string of the molecule is N#Cc1nccc2c([N+](=O)[O-])c[nH]c12. The number of nitrogens with zero attached hydrogens (tertiary/aromatic N) is 3. The van der Waals surface area contributed by atoms with Crippen molar-refractivity contribution in [3.8, 4) is 6.07 Å². The van der Waals surface area contributed by atoms with Crippen molar-refractivity contribution < 1.29 is 4.92 Å². The van der Waals surface area contributed by atoms with Crippen molar-refractivity contribution in [2.24, 2.45) is 0 Å². The van der Waals surface area contributed by atoms with Crippen LogP contribution in [0.1, 0.15) is 5.69 Å². The summed E-state index contributed by atoms with van der Waals surface area (Å²) in [4.78, 5) is 16.5. The highest BCUT2D eigenvalue weighted by Gasteiger charge is 2.15. The van der Waals surface area contributed by atoms with E-state index in [-0.39, 0.29) is 11.4 Å². The Bertz CT molecular complexity index is 552. The molecule has 0 unspecified atom stereocenters. The summed E-state index contributed by atoms with van der Waals surface area (Å²) in [6, 6.07) is 3.36. The molecule has 0 atom stereocenters. The first-order valence-corrected chi connectivity index (χ1v) is 3.74. The molecule has 0 aliphatic heterocycles. The fourth-order valence-electron chi connectivity index (χ4n) is 1.28. The number of rotatable bonds is 1. The first kappa shape index (κ1) is 8.19. The Hall–Kier alpha value is -2.42.